The van der Waals surface area contributed by atoms with Crippen molar-refractivity contribution in [2.24, 2.45) is 0 Å². The molecule has 0 spiro atoms. The number of aromatic nitrogens is 3. The first-order valence-corrected chi connectivity index (χ1v) is 13.9. The minimum Gasteiger partial charge on any atom is -0.507 e. The number of imidazole rings is 1. The number of pyridine rings is 1. The smallest absolute Gasteiger partial charge is 0.144 e. The molecule has 0 aliphatic heterocycles. The highest BCUT2D eigenvalue weighted by Gasteiger charge is 2.19. The highest BCUT2D eigenvalue weighted by atomic mass is 16.3. The number of rotatable bonds is 6. The summed E-state index contributed by atoms with van der Waals surface area (Å²) in [5.74, 6) is 1.89. The first-order chi connectivity index (χ1) is 19.4. The van der Waals surface area contributed by atoms with Gasteiger partial charge < -0.3 is 5.11 Å². The Labute approximate surface area is 235 Å². The summed E-state index contributed by atoms with van der Waals surface area (Å²) in [5.41, 5.74) is 8.19. The summed E-state index contributed by atoms with van der Waals surface area (Å²) in [6.45, 7) is 8.97. The van der Waals surface area contributed by atoms with E-state index in [-0.39, 0.29) is 5.75 Å². The van der Waals surface area contributed by atoms with Crippen LogP contribution in [0.1, 0.15) is 50.7 Å². The minimum absolute atomic E-state index is 0.226. The SMILES string of the molecule is CC(C)c1cccc(C(C)C)c1-n1ccnc1-c1cccc(-c2cccc(-c3c(O)ccc4ccccc34)n2)c1. The van der Waals surface area contributed by atoms with E-state index < -0.39 is 0 Å². The lowest BCUT2D eigenvalue weighted by atomic mass is 9.92. The van der Waals surface area contributed by atoms with E-state index in [1.807, 2.05) is 48.7 Å². The Balaban J connectivity index is 1.46. The monoisotopic (exact) mass is 523 g/mol. The second-order valence-corrected chi connectivity index (χ2v) is 10.9. The van der Waals surface area contributed by atoms with Crippen molar-refractivity contribution in [2.45, 2.75) is 39.5 Å². The molecular formula is C36H33N3O. The van der Waals surface area contributed by atoms with Crippen LogP contribution in [-0.2, 0) is 0 Å². The van der Waals surface area contributed by atoms with Gasteiger partial charge in [0.15, 0.2) is 0 Å². The minimum atomic E-state index is 0.226. The van der Waals surface area contributed by atoms with Crippen LogP contribution in [0, 0.1) is 0 Å². The van der Waals surface area contributed by atoms with Crippen molar-refractivity contribution in [3.8, 4) is 45.3 Å². The number of phenolic OH excluding ortho intramolecular Hbond substituents is 1. The summed E-state index contributed by atoms with van der Waals surface area (Å²) in [6.07, 6.45) is 3.95. The molecule has 0 radical (unpaired) electrons. The highest BCUT2D eigenvalue weighted by molar-refractivity contribution is 5.99. The second kappa shape index (κ2) is 10.5. The number of para-hydroxylation sites is 1. The van der Waals surface area contributed by atoms with Crippen LogP contribution in [-0.4, -0.2) is 19.6 Å². The van der Waals surface area contributed by atoms with E-state index in [1.165, 1.54) is 16.8 Å². The first-order valence-electron chi connectivity index (χ1n) is 13.9. The maximum absolute atomic E-state index is 10.8. The molecule has 0 amide bonds. The van der Waals surface area contributed by atoms with Crippen LogP contribution in [0.3, 0.4) is 0 Å². The molecule has 0 bridgehead atoms. The third-order valence-electron chi connectivity index (χ3n) is 7.55. The van der Waals surface area contributed by atoms with Crippen LogP contribution in [0.4, 0.5) is 0 Å². The Kier molecular flexibility index (Phi) is 6.69. The van der Waals surface area contributed by atoms with E-state index in [0.717, 1.165) is 44.7 Å². The number of nitrogens with zero attached hydrogens (tertiary/aromatic N) is 3. The predicted octanol–water partition coefficient (Wildman–Crippen LogP) is 9.37. The average Bonchev–Trinajstić information content (AvgIpc) is 3.46. The average molecular weight is 524 g/mol. The lowest BCUT2D eigenvalue weighted by Gasteiger charge is -2.22. The fourth-order valence-corrected chi connectivity index (χ4v) is 5.57. The Morgan fingerprint density at radius 3 is 2.12 bits per heavy atom. The molecule has 2 aromatic heterocycles. The van der Waals surface area contributed by atoms with Crippen molar-refractivity contribution in [3.05, 3.63) is 121 Å². The number of benzene rings is 4. The second-order valence-electron chi connectivity index (χ2n) is 10.9. The summed E-state index contributed by atoms with van der Waals surface area (Å²) >= 11 is 0. The molecule has 40 heavy (non-hydrogen) atoms. The standard InChI is InChI=1S/C36H33N3O/c1-23(2)28-14-8-15-29(24(3)4)35(28)39-21-20-37-36(39)27-12-7-11-26(22-27)31-16-9-17-32(38-31)34-30-13-6-5-10-25(30)18-19-33(34)40/h5-24,40H,1-4H3. The first kappa shape index (κ1) is 25.6. The Hall–Kier alpha value is -4.70. The van der Waals surface area contributed by atoms with Crippen LogP contribution < -0.4 is 0 Å². The molecule has 4 heteroatoms. The molecule has 4 nitrogen and oxygen atoms in total. The Morgan fingerprint density at radius 1 is 0.675 bits per heavy atom. The topological polar surface area (TPSA) is 50.9 Å². The van der Waals surface area contributed by atoms with Gasteiger partial charge in [-0.15, -0.1) is 0 Å². The van der Waals surface area contributed by atoms with Crippen molar-refractivity contribution in [2.75, 3.05) is 0 Å². The Morgan fingerprint density at radius 2 is 1.35 bits per heavy atom. The molecule has 198 valence electrons. The fourth-order valence-electron chi connectivity index (χ4n) is 5.57. The van der Waals surface area contributed by atoms with Gasteiger partial charge in [0.05, 0.1) is 17.1 Å². The van der Waals surface area contributed by atoms with Crippen LogP contribution >= 0.6 is 0 Å². The van der Waals surface area contributed by atoms with E-state index >= 15 is 0 Å². The maximum Gasteiger partial charge on any atom is 0.144 e. The zero-order valence-corrected chi connectivity index (χ0v) is 23.3. The van der Waals surface area contributed by atoms with Gasteiger partial charge in [0.1, 0.15) is 11.6 Å². The van der Waals surface area contributed by atoms with Crippen molar-refractivity contribution in [1.29, 1.82) is 0 Å². The lowest BCUT2D eigenvalue weighted by Crippen LogP contribution is -2.07. The lowest BCUT2D eigenvalue weighted by molar-refractivity contribution is 0.478. The number of fused-ring (bicyclic) bond motifs is 1. The van der Waals surface area contributed by atoms with E-state index in [0.29, 0.717) is 11.8 Å². The van der Waals surface area contributed by atoms with Crippen LogP contribution in [0.25, 0.3) is 50.4 Å². The molecular weight excluding hydrogens is 490 g/mol. The quantitative estimate of drug-likeness (QED) is 0.237. The normalized spacial score (nSPS) is 11.6. The number of hydrogen-bond acceptors (Lipinski definition) is 3. The zero-order valence-electron chi connectivity index (χ0n) is 23.3. The summed E-state index contributed by atoms with van der Waals surface area (Å²) in [6, 6.07) is 32.7. The third-order valence-corrected chi connectivity index (χ3v) is 7.55. The zero-order chi connectivity index (χ0) is 27.8. The van der Waals surface area contributed by atoms with Crippen LogP contribution in [0.2, 0.25) is 0 Å². The van der Waals surface area contributed by atoms with Gasteiger partial charge in [-0.1, -0.05) is 100 Å². The van der Waals surface area contributed by atoms with E-state index in [2.05, 4.69) is 87.0 Å². The third kappa shape index (κ3) is 4.56. The predicted molar refractivity (Wildman–Crippen MR) is 165 cm³/mol. The van der Waals surface area contributed by atoms with Gasteiger partial charge in [-0.05, 0) is 58.0 Å². The van der Waals surface area contributed by atoms with Gasteiger partial charge in [0.2, 0.25) is 0 Å². The molecule has 6 rings (SSSR count). The molecule has 2 heterocycles. The fraction of sp³-hybridized carbons (Fsp3) is 0.167. The molecule has 0 aliphatic rings. The van der Waals surface area contributed by atoms with E-state index in [9.17, 15) is 5.11 Å². The van der Waals surface area contributed by atoms with Crippen LogP contribution in [0.15, 0.2) is 109 Å². The van der Waals surface area contributed by atoms with E-state index in [1.54, 1.807) is 6.07 Å². The summed E-state index contributed by atoms with van der Waals surface area (Å²) in [5, 5.41) is 12.9. The summed E-state index contributed by atoms with van der Waals surface area (Å²) < 4.78 is 2.24. The molecule has 0 saturated carbocycles. The molecule has 6 aromatic rings. The molecule has 0 fully saturated rings. The molecule has 0 unspecified atom stereocenters. The number of aromatic hydroxyl groups is 1. The molecule has 4 aromatic carbocycles. The van der Waals surface area contributed by atoms with E-state index in [4.69, 9.17) is 9.97 Å². The maximum atomic E-state index is 10.8. The van der Waals surface area contributed by atoms with Gasteiger partial charge in [-0.3, -0.25) is 4.57 Å². The van der Waals surface area contributed by atoms with Crippen molar-refractivity contribution < 1.29 is 5.11 Å². The Bertz CT molecular complexity index is 1800. The van der Waals surface area contributed by atoms with Gasteiger partial charge in [-0.2, -0.15) is 0 Å². The summed E-state index contributed by atoms with van der Waals surface area (Å²) in [7, 11) is 0. The van der Waals surface area contributed by atoms with Gasteiger partial charge in [0, 0.05) is 29.1 Å². The number of hydrogen-bond donors (Lipinski definition) is 1. The molecule has 0 aliphatic carbocycles. The molecule has 0 atom stereocenters. The number of phenols is 1. The highest BCUT2D eigenvalue weighted by Crippen LogP contribution is 2.37. The van der Waals surface area contributed by atoms with Crippen LogP contribution in [0.5, 0.6) is 5.75 Å². The van der Waals surface area contributed by atoms with Gasteiger partial charge in [0.25, 0.3) is 0 Å². The molecule has 0 saturated heterocycles. The van der Waals surface area contributed by atoms with Crippen molar-refractivity contribution in [3.63, 3.8) is 0 Å². The molecule has 1 N–H and O–H groups in total. The largest absolute Gasteiger partial charge is 0.507 e. The van der Waals surface area contributed by atoms with Gasteiger partial charge in [-0.25, -0.2) is 9.97 Å². The summed E-state index contributed by atoms with van der Waals surface area (Å²) in [4.78, 5) is 9.83. The van der Waals surface area contributed by atoms with Gasteiger partial charge >= 0.3 is 0 Å². The van der Waals surface area contributed by atoms with Crippen molar-refractivity contribution >= 4 is 10.8 Å². The van der Waals surface area contributed by atoms with Crippen molar-refractivity contribution in [1.82, 2.24) is 14.5 Å².